The van der Waals surface area contributed by atoms with E-state index in [2.05, 4.69) is 53.5 Å². The van der Waals surface area contributed by atoms with Crippen LogP contribution >= 0.6 is 0 Å². The topological polar surface area (TPSA) is 64.5 Å². The molecule has 0 fully saturated rings. The summed E-state index contributed by atoms with van der Waals surface area (Å²) in [4.78, 5) is 24.1. The summed E-state index contributed by atoms with van der Waals surface area (Å²) >= 11 is 0. The highest BCUT2D eigenvalue weighted by Gasteiger charge is 2.14. The normalized spacial score (nSPS) is 11.5. The Hall–Kier alpha value is -5.55. The molecule has 40 heavy (non-hydrogen) atoms. The fourth-order valence-electron chi connectivity index (χ4n) is 5.45. The molecular weight excluding hydrogens is 490 g/mol. The van der Waals surface area contributed by atoms with E-state index in [0.29, 0.717) is 23.2 Å². The molecule has 0 atom stereocenters. The van der Waals surface area contributed by atoms with Crippen molar-refractivity contribution in [3.8, 4) is 34.3 Å². The lowest BCUT2D eigenvalue weighted by molar-refractivity contribution is 1.06. The quantitative estimate of drug-likeness (QED) is 0.223. The van der Waals surface area contributed by atoms with Crippen molar-refractivity contribution in [3.05, 3.63) is 128 Å². The molecule has 0 aliphatic carbocycles. The van der Waals surface area contributed by atoms with Gasteiger partial charge in [-0.3, -0.25) is 4.98 Å². The number of benzene rings is 5. The summed E-state index contributed by atoms with van der Waals surface area (Å²) in [5.74, 6) is 1.79. The van der Waals surface area contributed by atoms with Gasteiger partial charge in [0.2, 0.25) is 0 Å². The number of rotatable bonds is 3. The zero-order chi connectivity index (χ0) is 26.5. The van der Waals surface area contributed by atoms with Crippen molar-refractivity contribution in [1.29, 1.82) is 0 Å². The monoisotopic (exact) mass is 511 g/mol. The molecule has 0 amide bonds. The maximum atomic E-state index is 5.03. The Balaban J connectivity index is 1.31. The van der Waals surface area contributed by atoms with Crippen LogP contribution in [0.5, 0.6) is 0 Å². The van der Waals surface area contributed by atoms with Gasteiger partial charge in [0.15, 0.2) is 17.5 Å². The van der Waals surface area contributed by atoms with E-state index >= 15 is 0 Å². The molecule has 3 aromatic heterocycles. The van der Waals surface area contributed by atoms with Gasteiger partial charge in [-0.05, 0) is 51.9 Å². The van der Waals surface area contributed by atoms with Crippen LogP contribution in [-0.4, -0.2) is 24.9 Å². The third-order valence-corrected chi connectivity index (χ3v) is 7.38. The van der Waals surface area contributed by atoms with Gasteiger partial charge in [-0.15, -0.1) is 0 Å². The Morgan fingerprint density at radius 3 is 1.48 bits per heavy atom. The summed E-state index contributed by atoms with van der Waals surface area (Å²) in [7, 11) is 0. The second kappa shape index (κ2) is 9.03. The summed E-state index contributed by atoms with van der Waals surface area (Å²) in [5, 5.41) is 7.03. The number of hydrogen-bond donors (Lipinski definition) is 0. The second-order valence-corrected chi connectivity index (χ2v) is 9.76. The number of aromatic nitrogens is 5. The minimum Gasteiger partial charge on any atom is -0.256 e. The first-order valence-electron chi connectivity index (χ1n) is 13.2. The Kier molecular flexibility index (Phi) is 5.07. The van der Waals surface area contributed by atoms with Crippen molar-refractivity contribution in [2.75, 3.05) is 0 Å². The predicted molar refractivity (Wildman–Crippen MR) is 162 cm³/mol. The van der Waals surface area contributed by atoms with E-state index in [1.54, 1.807) is 0 Å². The molecule has 0 radical (unpaired) electrons. The zero-order valence-electron chi connectivity index (χ0n) is 21.4. The Labute approximate surface area is 229 Å². The highest BCUT2D eigenvalue weighted by atomic mass is 15.0. The Bertz CT molecular complexity index is 2150. The molecule has 5 nitrogen and oxygen atoms in total. The molecule has 0 unspecified atom stereocenters. The molecule has 0 bridgehead atoms. The average Bonchev–Trinajstić information content (AvgIpc) is 3.04. The molecule has 8 aromatic rings. The maximum Gasteiger partial charge on any atom is 0.182 e. The first kappa shape index (κ1) is 22.4. The SMILES string of the molecule is c1ccc(-c2nc(-c3ccccc3)nc(-c3ccc4c(ccc5c4ccc4c6cccnc6ccc45)n3)n2)cc1. The molecule has 0 spiro atoms. The Morgan fingerprint density at radius 1 is 0.325 bits per heavy atom. The molecule has 5 heteroatoms. The van der Waals surface area contributed by atoms with E-state index in [9.17, 15) is 0 Å². The largest absolute Gasteiger partial charge is 0.256 e. The van der Waals surface area contributed by atoms with Crippen LogP contribution in [0, 0.1) is 0 Å². The standard InChI is InChI=1S/C35H21N5/c1-3-8-22(9-4-1)33-38-34(23-10-5-2-6-11-23)40-35(39-33)32-20-17-29-27-14-13-26-24(25(27)16-19-31(29)37-32)15-18-30-28(26)12-7-21-36-30/h1-21H. The second-order valence-electron chi connectivity index (χ2n) is 9.76. The minimum atomic E-state index is 0.548. The minimum absolute atomic E-state index is 0.548. The van der Waals surface area contributed by atoms with Crippen molar-refractivity contribution in [1.82, 2.24) is 24.9 Å². The van der Waals surface area contributed by atoms with Crippen LogP contribution in [0.2, 0.25) is 0 Å². The Morgan fingerprint density at radius 2 is 0.825 bits per heavy atom. The number of pyridine rings is 2. The molecule has 5 aromatic carbocycles. The fraction of sp³-hybridized carbons (Fsp3) is 0. The average molecular weight is 512 g/mol. The van der Waals surface area contributed by atoms with Crippen molar-refractivity contribution in [2.24, 2.45) is 0 Å². The highest BCUT2D eigenvalue weighted by Crippen LogP contribution is 2.34. The molecule has 3 heterocycles. The smallest absolute Gasteiger partial charge is 0.182 e. The molecule has 186 valence electrons. The van der Waals surface area contributed by atoms with Crippen molar-refractivity contribution < 1.29 is 0 Å². The fourth-order valence-corrected chi connectivity index (χ4v) is 5.45. The van der Waals surface area contributed by atoms with Crippen LogP contribution in [0.25, 0.3) is 77.6 Å². The van der Waals surface area contributed by atoms with Crippen LogP contribution < -0.4 is 0 Å². The van der Waals surface area contributed by atoms with Crippen LogP contribution in [0.4, 0.5) is 0 Å². The number of fused-ring (bicyclic) bond motifs is 7. The van der Waals surface area contributed by atoms with Gasteiger partial charge in [0, 0.05) is 28.1 Å². The lowest BCUT2D eigenvalue weighted by Crippen LogP contribution is -2.01. The van der Waals surface area contributed by atoms with Gasteiger partial charge in [-0.25, -0.2) is 19.9 Å². The van der Waals surface area contributed by atoms with E-state index in [1.165, 1.54) is 16.2 Å². The van der Waals surface area contributed by atoms with Gasteiger partial charge in [0.25, 0.3) is 0 Å². The van der Waals surface area contributed by atoms with Gasteiger partial charge >= 0.3 is 0 Å². The molecular formula is C35H21N5. The van der Waals surface area contributed by atoms with Crippen LogP contribution in [0.3, 0.4) is 0 Å². The van der Waals surface area contributed by atoms with Gasteiger partial charge < -0.3 is 0 Å². The van der Waals surface area contributed by atoms with E-state index < -0.39 is 0 Å². The molecule has 8 rings (SSSR count). The van der Waals surface area contributed by atoms with Gasteiger partial charge in [0.05, 0.1) is 11.0 Å². The van der Waals surface area contributed by atoms with E-state index in [4.69, 9.17) is 19.9 Å². The van der Waals surface area contributed by atoms with E-state index in [0.717, 1.165) is 38.3 Å². The van der Waals surface area contributed by atoms with Crippen molar-refractivity contribution >= 4 is 43.4 Å². The van der Waals surface area contributed by atoms with Gasteiger partial charge in [0.1, 0.15) is 5.69 Å². The lowest BCUT2D eigenvalue weighted by Gasteiger charge is -2.11. The molecule has 0 N–H and O–H groups in total. The summed E-state index contributed by atoms with van der Waals surface area (Å²) in [5.41, 5.74) is 4.48. The number of nitrogens with zero attached hydrogens (tertiary/aromatic N) is 5. The maximum absolute atomic E-state index is 5.03. The molecule has 0 saturated carbocycles. The summed E-state index contributed by atoms with van der Waals surface area (Å²) in [6.45, 7) is 0. The van der Waals surface area contributed by atoms with Crippen LogP contribution in [0.1, 0.15) is 0 Å². The molecule has 0 aliphatic rings. The number of hydrogen-bond acceptors (Lipinski definition) is 5. The van der Waals surface area contributed by atoms with Crippen LogP contribution in [-0.2, 0) is 0 Å². The first-order valence-corrected chi connectivity index (χ1v) is 13.2. The third-order valence-electron chi connectivity index (χ3n) is 7.38. The lowest BCUT2D eigenvalue weighted by atomic mass is 9.96. The van der Waals surface area contributed by atoms with E-state index in [-0.39, 0.29) is 0 Å². The molecule has 0 aliphatic heterocycles. The van der Waals surface area contributed by atoms with Crippen LogP contribution in [0.15, 0.2) is 128 Å². The van der Waals surface area contributed by atoms with Gasteiger partial charge in [-0.2, -0.15) is 0 Å². The molecule has 0 saturated heterocycles. The highest BCUT2D eigenvalue weighted by molar-refractivity contribution is 6.21. The summed E-state index contributed by atoms with van der Waals surface area (Å²) in [6.07, 6.45) is 1.84. The first-order chi connectivity index (χ1) is 19.8. The zero-order valence-corrected chi connectivity index (χ0v) is 21.4. The van der Waals surface area contributed by atoms with Crippen molar-refractivity contribution in [3.63, 3.8) is 0 Å². The predicted octanol–water partition coefficient (Wildman–Crippen LogP) is 8.28. The summed E-state index contributed by atoms with van der Waals surface area (Å²) < 4.78 is 0. The third kappa shape index (κ3) is 3.68. The van der Waals surface area contributed by atoms with Crippen molar-refractivity contribution in [2.45, 2.75) is 0 Å². The van der Waals surface area contributed by atoms with Gasteiger partial charge in [-0.1, -0.05) is 91.0 Å². The summed E-state index contributed by atoms with van der Waals surface area (Å²) in [6, 6.07) is 41.1. The van der Waals surface area contributed by atoms with E-state index in [1.807, 2.05) is 79.0 Å².